The van der Waals surface area contributed by atoms with E-state index in [9.17, 15) is 15.0 Å². The van der Waals surface area contributed by atoms with Gasteiger partial charge in [-0.1, -0.05) is 18.2 Å². The van der Waals surface area contributed by atoms with Crippen molar-refractivity contribution in [3.05, 3.63) is 52.6 Å². The third kappa shape index (κ3) is 3.23. The van der Waals surface area contributed by atoms with Gasteiger partial charge in [-0.3, -0.25) is 4.79 Å². The van der Waals surface area contributed by atoms with Gasteiger partial charge in [0.15, 0.2) is 17.8 Å². The number of benzene rings is 2. The van der Waals surface area contributed by atoms with Crippen molar-refractivity contribution in [3.8, 4) is 17.2 Å². The zero-order chi connectivity index (χ0) is 15.4. The van der Waals surface area contributed by atoms with Gasteiger partial charge in [-0.15, -0.1) is 0 Å². The molecule has 4 nitrogen and oxygen atoms in total. The smallest absolute Gasteiger partial charge is 0.161 e. The van der Waals surface area contributed by atoms with Crippen molar-refractivity contribution in [1.82, 2.24) is 0 Å². The van der Waals surface area contributed by atoms with Crippen LogP contribution in [0.1, 0.15) is 27.0 Å². The molecule has 0 amide bonds. The van der Waals surface area contributed by atoms with Gasteiger partial charge in [0.25, 0.3) is 0 Å². The van der Waals surface area contributed by atoms with Crippen LogP contribution in [-0.4, -0.2) is 23.6 Å². The summed E-state index contributed by atoms with van der Waals surface area (Å²) >= 11 is 0. The van der Waals surface area contributed by atoms with E-state index in [1.54, 1.807) is 37.3 Å². The maximum atomic E-state index is 10.9. The third-order valence-electron chi connectivity index (χ3n) is 3.15. The summed E-state index contributed by atoms with van der Waals surface area (Å²) < 4.78 is 5.05. The molecule has 2 rings (SSSR count). The van der Waals surface area contributed by atoms with Gasteiger partial charge in [0.1, 0.15) is 5.75 Å². The molecule has 0 aliphatic carbocycles. The molecule has 0 heterocycles. The number of hydrogen-bond donors (Lipinski definition) is 2. The molecule has 0 bridgehead atoms. The Balaban J connectivity index is 2.33. The van der Waals surface area contributed by atoms with Gasteiger partial charge in [-0.05, 0) is 47.9 Å². The highest BCUT2D eigenvalue weighted by atomic mass is 16.5. The summed E-state index contributed by atoms with van der Waals surface area (Å²) in [5, 5.41) is 19.2. The van der Waals surface area contributed by atoms with Crippen molar-refractivity contribution in [3.63, 3.8) is 0 Å². The molecule has 2 aromatic carbocycles. The van der Waals surface area contributed by atoms with E-state index in [1.165, 1.54) is 7.11 Å². The Morgan fingerprint density at radius 1 is 1.05 bits per heavy atom. The molecule has 2 aromatic rings. The second-order valence-corrected chi connectivity index (χ2v) is 4.66. The van der Waals surface area contributed by atoms with E-state index in [1.807, 2.05) is 12.2 Å². The number of ether oxygens (including phenoxy) is 1. The van der Waals surface area contributed by atoms with Crippen LogP contribution in [0.3, 0.4) is 0 Å². The molecule has 0 saturated heterocycles. The standard InChI is InChI=1S/C17H16O4/c1-11-7-13(8-14(10-18)17(11)20)4-3-12-5-6-15(19)16(9-12)21-2/h3-10,19-20H,1-2H3/b4-3+. The van der Waals surface area contributed by atoms with Crippen LogP contribution in [-0.2, 0) is 0 Å². The molecule has 0 aromatic heterocycles. The van der Waals surface area contributed by atoms with E-state index in [0.717, 1.165) is 11.1 Å². The molecule has 4 heteroatoms. The number of aldehydes is 1. The van der Waals surface area contributed by atoms with Gasteiger partial charge in [-0.25, -0.2) is 0 Å². The summed E-state index contributed by atoms with van der Waals surface area (Å²) in [5.41, 5.74) is 2.56. The number of phenols is 2. The van der Waals surface area contributed by atoms with Gasteiger partial charge in [-0.2, -0.15) is 0 Å². The second-order valence-electron chi connectivity index (χ2n) is 4.66. The molecule has 0 saturated carbocycles. The molecule has 0 fully saturated rings. The van der Waals surface area contributed by atoms with Gasteiger partial charge >= 0.3 is 0 Å². The van der Waals surface area contributed by atoms with Crippen molar-refractivity contribution in [1.29, 1.82) is 0 Å². The first-order valence-corrected chi connectivity index (χ1v) is 6.39. The maximum absolute atomic E-state index is 10.9. The normalized spacial score (nSPS) is 10.8. The maximum Gasteiger partial charge on any atom is 0.161 e. The number of carbonyl (C=O) groups is 1. The Morgan fingerprint density at radius 2 is 1.76 bits per heavy atom. The van der Waals surface area contributed by atoms with Crippen LogP contribution < -0.4 is 4.74 Å². The molecular weight excluding hydrogens is 268 g/mol. The number of carbonyl (C=O) groups excluding carboxylic acids is 1. The topological polar surface area (TPSA) is 66.8 Å². The minimum absolute atomic E-state index is 0.00783. The van der Waals surface area contributed by atoms with E-state index in [-0.39, 0.29) is 17.1 Å². The van der Waals surface area contributed by atoms with Crippen LogP contribution in [0.15, 0.2) is 30.3 Å². The zero-order valence-electron chi connectivity index (χ0n) is 11.8. The number of aryl methyl sites for hydroxylation is 1. The van der Waals surface area contributed by atoms with Gasteiger partial charge in [0.2, 0.25) is 0 Å². The summed E-state index contributed by atoms with van der Waals surface area (Å²) in [6, 6.07) is 8.42. The van der Waals surface area contributed by atoms with E-state index in [2.05, 4.69) is 0 Å². The molecular formula is C17H16O4. The predicted octanol–water partition coefficient (Wildman–Crippen LogP) is 3.40. The van der Waals surface area contributed by atoms with Crippen molar-refractivity contribution in [2.24, 2.45) is 0 Å². The lowest BCUT2D eigenvalue weighted by Crippen LogP contribution is -1.87. The minimum atomic E-state index is 0.00783. The van der Waals surface area contributed by atoms with Crippen molar-refractivity contribution in [2.75, 3.05) is 7.11 Å². The fourth-order valence-electron chi connectivity index (χ4n) is 2.01. The third-order valence-corrected chi connectivity index (χ3v) is 3.15. The van der Waals surface area contributed by atoms with E-state index < -0.39 is 0 Å². The highest BCUT2D eigenvalue weighted by molar-refractivity contribution is 5.83. The molecule has 0 spiro atoms. The van der Waals surface area contributed by atoms with Crippen LogP contribution in [0.5, 0.6) is 17.2 Å². The number of rotatable bonds is 4. The fourth-order valence-corrected chi connectivity index (χ4v) is 2.01. The second kappa shape index (κ2) is 6.13. The molecule has 2 N–H and O–H groups in total. The lowest BCUT2D eigenvalue weighted by atomic mass is 10.0. The Kier molecular flexibility index (Phi) is 4.28. The molecule has 0 atom stereocenters. The summed E-state index contributed by atoms with van der Waals surface area (Å²) in [4.78, 5) is 10.9. The lowest BCUT2D eigenvalue weighted by molar-refractivity contribution is 0.112. The van der Waals surface area contributed by atoms with Crippen LogP contribution in [0.4, 0.5) is 0 Å². The molecule has 0 radical (unpaired) electrons. The highest BCUT2D eigenvalue weighted by Crippen LogP contribution is 2.28. The van der Waals surface area contributed by atoms with Crippen molar-refractivity contribution < 1.29 is 19.7 Å². The average molecular weight is 284 g/mol. The average Bonchev–Trinajstić information content (AvgIpc) is 2.49. The van der Waals surface area contributed by atoms with Crippen molar-refractivity contribution >= 4 is 18.4 Å². The summed E-state index contributed by atoms with van der Waals surface area (Å²) in [6.45, 7) is 1.74. The molecule has 0 aliphatic heterocycles. The molecule has 21 heavy (non-hydrogen) atoms. The molecule has 0 aliphatic rings. The van der Waals surface area contributed by atoms with Crippen LogP contribution in [0.2, 0.25) is 0 Å². The monoisotopic (exact) mass is 284 g/mol. The summed E-state index contributed by atoms with van der Waals surface area (Å²) in [6.07, 6.45) is 4.29. The van der Waals surface area contributed by atoms with E-state index in [0.29, 0.717) is 17.6 Å². The molecule has 0 unspecified atom stereocenters. The minimum Gasteiger partial charge on any atom is -0.507 e. The first kappa shape index (κ1) is 14.7. The zero-order valence-corrected chi connectivity index (χ0v) is 11.8. The van der Waals surface area contributed by atoms with Gasteiger partial charge in [0.05, 0.1) is 12.7 Å². The number of phenolic OH excluding ortho intramolecular Hbond substituents is 2. The van der Waals surface area contributed by atoms with Crippen LogP contribution in [0, 0.1) is 6.92 Å². The number of hydrogen-bond acceptors (Lipinski definition) is 4. The van der Waals surface area contributed by atoms with Crippen LogP contribution >= 0.6 is 0 Å². The van der Waals surface area contributed by atoms with Gasteiger partial charge < -0.3 is 14.9 Å². The fraction of sp³-hybridized carbons (Fsp3) is 0.118. The SMILES string of the molecule is COc1cc(/C=C/c2cc(C)c(O)c(C=O)c2)ccc1O. The highest BCUT2D eigenvalue weighted by Gasteiger charge is 2.05. The quantitative estimate of drug-likeness (QED) is 0.667. The Bertz CT molecular complexity index is 702. The lowest BCUT2D eigenvalue weighted by Gasteiger charge is -2.05. The first-order chi connectivity index (χ1) is 10.0. The van der Waals surface area contributed by atoms with Crippen molar-refractivity contribution in [2.45, 2.75) is 6.92 Å². The Hall–Kier alpha value is -2.75. The van der Waals surface area contributed by atoms with E-state index >= 15 is 0 Å². The van der Waals surface area contributed by atoms with Crippen LogP contribution in [0.25, 0.3) is 12.2 Å². The summed E-state index contributed by atoms with van der Waals surface area (Å²) in [7, 11) is 1.49. The van der Waals surface area contributed by atoms with Gasteiger partial charge in [0, 0.05) is 0 Å². The largest absolute Gasteiger partial charge is 0.507 e. The Morgan fingerprint density at radius 3 is 2.43 bits per heavy atom. The first-order valence-electron chi connectivity index (χ1n) is 6.39. The summed E-state index contributed by atoms with van der Waals surface area (Å²) in [5.74, 6) is 0.486. The number of aromatic hydroxyl groups is 2. The predicted molar refractivity (Wildman–Crippen MR) is 81.8 cm³/mol. The Labute approximate surface area is 122 Å². The molecule has 108 valence electrons. The number of methoxy groups -OCH3 is 1. The van der Waals surface area contributed by atoms with E-state index in [4.69, 9.17) is 4.74 Å².